The third kappa shape index (κ3) is 4.21. The summed E-state index contributed by atoms with van der Waals surface area (Å²) in [6, 6.07) is 2.02. The Hall–Kier alpha value is -2.11. The Labute approximate surface area is 137 Å². The number of hydrogen-bond donors (Lipinski definition) is 1. The van der Waals surface area contributed by atoms with Crippen LogP contribution in [0.25, 0.3) is 0 Å². The van der Waals surface area contributed by atoms with Gasteiger partial charge in [-0.2, -0.15) is 10.2 Å². The zero-order chi connectivity index (χ0) is 17.0. The minimum Gasteiger partial charge on any atom is -0.355 e. The van der Waals surface area contributed by atoms with Crippen LogP contribution < -0.4 is 5.32 Å². The highest BCUT2D eigenvalue weighted by molar-refractivity contribution is 5.76. The molecule has 23 heavy (non-hydrogen) atoms. The van der Waals surface area contributed by atoms with E-state index in [-0.39, 0.29) is 11.8 Å². The zero-order valence-corrected chi connectivity index (χ0v) is 14.7. The van der Waals surface area contributed by atoms with Gasteiger partial charge < -0.3 is 5.32 Å². The van der Waals surface area contributed by atoms with E-state index in [2.05, 4.69) is 29.4 Å². The van der Waals surface area contributed by atoms with Gasteiger partial charge >= 0.3 is 0 Å². The first-order chi connectivity index (χ1) is 10.9. The molecule has 0 radical (unpaired) electrons. The maximum absolute atomic E-state index is 12.2. The number of aromatic nitrogens is 4. The highest BCUT2D eigenvalue weighted by Gasteiger charge is 2.19. The van der Waals surface area contributed by atoms with E-state index in [1.807, 2.05) is 42.6 Å². The Bertz CT molecular complexity index is 656. The number of carbonyl (C=O) groups excluding carboxylic acids is 1. The van der Waals surface area contributed by atoms with Gasteiger partial charge in [0.05, 0.1) is 6.20 Å². The van der Waals surface area contributed by atoms with Crippen LogP contribution in [0.4, 0.5) is 0 Å². The molecule has 2 heterocycles. The van der Waals surface area contributed by atoms with Gasteiger partial charge in [0, 0.05) is 50.6 Å². The molecule has 0 saturated carbocycles. The first-order valence-electron chi connectivity index (χ1n) is 8.12. The summed E-state index contributed by atoms with van der Waals surface area (Å²) < 4.78 is 3.72. The molecular formula is C17H27N5O. The molecule has 0 aliphatic carbocycles. The number of carbonyl (C=O) groups is 1. The molecule has 0 saturated heterocycles. The van der Waals surface area contributed by atoms with E-state index in [9.17, 15) is 4.79 Å². The molecule has 2 aromatic heterocycles. The van der Waals surface area contributed by atoms with Crippen LogP contribution in [0, 0.1) is 12.8 Å². The maximum Gasteiger partial charge on any atom is 0.220 e. The first kappa shape index (κ1) is 17.2. The molecule has 0 bridgehead atoms. The summed E-state index contributed by atoms with van der Waals surface area (Å²) >= 11 is 0. The second kappa shape index (κ2) is 7.44. The summed E-state index contributed by atoms with van der Waals surface area (Å²) in [5, 5.41) is 11.5. The van der Waals surface area contributed by atoms with E-state index >= 15 is 0 Å². The minimum atomic E-state index is 0.0843. The lowest BCUT2D eigenvalue weighted by Gasteiger charge is -2.21. The summed E-state index contributed by atoms with van der Waals surface area (Å²) in [6.07, 6.45) is 4.86. The van der Waals surface area contributed by atoms with Crippen molar-refractivity contribution in [3.05, 3.63) is 35.4 Å². The highest BCUT2D eigenvalue weighted by atomic mass is 16.1. The van der Waals surface area contributed by atoms with Crippen molar-refractivity contribution in [1.29, 1.82) is 0 Å². The second-order valence-corrected chi connectivity index (χ2v) is 6.41. The van der Waals surface area contributed by atoms with Gasteiger partial charge in [0.2, 0.25) is 5.91 Å². The smallest absolute Gasteiger partial charge is 0.220 e. The van der Waals surface area contributed by atoms with Gasteiger partial charge in [0.1, 0.15) is 0 Å². The van der Waals surface area contributed by atoms with E-state index in [0.29, 0.717) is 18.9 Å². The quantitative estimate of drug-likeness (QED) is 0.849. The predicted octanol–water partition coefficient (Wildman–Crippen LogP) is 1.95. The molecule has 6 nitrogen and oxygen atoms in total. The van der Waals surface area contributed by atoms with Gasteiger partial charge in [-0.15, -0.1) is 0 Å². The normalized spacial score (nSPS) is 12.6. The first-order valence-corrected chi connectivity index (χ1v) is 8.12. The van der Waals surface area contributed by atoms with E-state index < -0.39 is 0 Å². The fourth-order valence-corrected chi connectivity index (χ4v) is 2.78. The van der Waals surface area contributed by atoms with E-state index in [1.165, 1.54) is 0 Å². The van der Waals surface area contributed by atoms with Crippen LogP contribution in [0.5, 0.6) is 0 Å². The third-order valence-electron chi connectivity index (χ3n) is 4.52. The molecule has 0 fully saturated rings. The summed E-state index contributed by atoms with van der Waals surface area (Å²) in [6.45, 7) is 7.01. The van der Waals surface area contributed by atoms with Crippen LogP contribution in [0.2, 0.25) is 0 Å². The fraction of sp³-hybridized carbons (Fsp3) is 0.588. The lowest BCUT2D eigenvalue weighted by atomic mass is 9.92. The third-order valence-corrected chi connectivity index (χ3v) is 4.52. The summed E-state index contributed by atoms with van der Waals surface area (Å²) in [4.78, 5) is 12.2. The molecule has 1 atom stereocenters. The summed E-state index contributed by atoms with van der Waals surface area (Å²) in [5.74, 6) is 0.791. The molecule has 0 aliphatic rings. The Kier molecular flexibility index (Phi) is 5.58. The largest absolute Gasteiger partial charge is 0.355 e. The Morgan fingerprint density at radius 3 is 2.52 bits per heavy atom. The van der Waals surface area contributed by atoms with Crippen molar-refractivity contribution in [2.24, 2.45) is 20.0 Å². The van der Waals surface area contributed by atoms with Crippen LogP contribution in [-0.4, -0.2) is 32.0 Å². The Morgan fingerprint density at radius 1 is 1.26 bits per heavy atom. The van der Waals surface area contributed by atoms with Gasteiger partial charge in [-0.05, 0) is 30.9 Å². The zero-order valence-electron chi connectivity index (χ0n) is 14.7. The number of hydrogen-bond acceptors (Lipinski definition) is 3. The van der Waals surface area contributed by atoms with Crippen LogP contribution in [0.1, 0.15) is 43.1 Å². The Morgan fingerprint density at radius 2 is 2.00 bits per heavy atom. The van der Waals surface area contributed by atoms with Crippen LogP contribution in [-0.2, 0) is 25.3 Å². The SMILES string of the molecule is Cc1c(CCC(=O)NCC(c2ccnn2C)C(C)C)cnn1C. The topological polar surface area (TPSA) is 64.7 Å². The highest BCUT2D eigenvalue weighted by Crippen LogP contribution is 2.22. The molecule has 2 rings (SSSR count). The van der Waals surface area contributed by atoms with Crippen molar-refractivity contribution in [2.75, 3.05) is 6.54 Å². The van der Waals surface area contributed by atoms with E-state index in [4.69, 9.17) is 0 Å². The maximum atomic E-state index is 12.2. The van der Waals surface area contributed by atoms with Crippen LogP contribution >= 0.6 is 0 Å². The van der Waals surface area contributed by atoms with Gasteiger partial charge in [-0.25, -0.2) is 0 Å². The summed E-state index contributed by atoms with van der Waals surface area (Å²) in [7, 11) is 3.86. The molecule has 126 valence electrons. The van der Waals surface area contributed by atoms with Crippen molar-refractivity contribution < 1.29 is 4.79 Å². The standard InChI is InChI=1S/C17H27N5O/c1-12(2)15(16-8-9-19-22(16)5)11-18-17(23)7-6-14-10-20-21(4)13(14)3/h8-10,12,15H,6-7,11H2,1-5H3,(H,18,23). The van der Waals surface area contributed by atoms with Crippen molar-refractivity contribution in [1.82, 2.24) is 24.9 Å². The number of nitrogens with one attached hydrogen (secondary N) is 1. The van der Waals surface area contributed by atoms with Crippen molar-refractivity contribution in [2.45, 2.75) is 39.5 Å². The van der Waals surface area contributed by atoms with Crippen LogP contribution in [0.15, 0.2) is 18.5 Å². The van der Waals surface area contributed by atoms with Crippen LogP contribution in [0.3, 0.4) is 0 Å². The molecule has 0 aromatic carbocycles. The number of rotatable bonds is 7. The van der Waals surface area contributed by atoms with Crippen molar-refractivity contribution >= 4 is 5.91 Å². The molecule has 2 aromatic rings. The molecular weight excluding hydrogens is 290 g/mol. The second-order valence-electron chi connectivity index (χ2n) is 6.41. The molecule has 1 N–H and O–H groups in total. The molecule has 1 unspecified atom stereocenters. The molecule has 0 spiro atoms. The number of aryl methyl sites for hydroxylation is 3. The average molecular weight is 317 g/mol. The number of amides is 1. The van der Waals surface area contributed by atoms with Crippen molar-refractivity contribution in [3.8, 4) is 0 Å². The van der Waals surface area contributed by atoms with E-state index in [0.717, 1.165) is 23.4 Å². The van der Waals surface area contributed by atoms with Gasteiger partial charge in [0.15, 0.2) is 0 Å². The molecule has 1 amide bonds. The lowest BCUT2D eigenvalue weighted by Crippen LogP contribution is -2.31. The Balaban J connectivity index is 1.87. The molecule has 6 heteroatoms. The molecule has 0 aliphatic heterocycles. The summed E-state index contributed by atoms with van der Waals surface area (Å²) in [5.41, 5.74) is 3.41. The minimum absolute atomic E-state index is 0.0843. The monoisotopic (exact) mass is 317 g/mol. The average Bonchev–Trinajstić information content (AvgIpc) is 3.05. The predicted molar refractivity (Wildman–Crippen MR) is 90.1 cm³/mol. The van der Waals surface area contributed by atoms with Gasteiger partial charge in [0.25, 0.3) is 0 Å². The van der Waals surface area contributed by atoms with Crippen molar-refractivity contribution in [3.63, 3.8) is 0 Å². The van der Waals surface area contributed by atoms with E-state index in [1.54, 1.807) is 6.20 Å². The number of nitrogens with zero attached hydrogens (tertiary/aromatic N) is 4. The fourth-order valence-electron chi connectivity index (χ4n) is 2.78. The van der Waals surface area contributed by atoms with Gasteiger partial charge in [-0.1, -0.05) is 13.8 Å². The van der Waals surface area contributed by atoms with Gasteiger partial charge in [-0.3, -0.25) is 14.2 Å². The lowest BCUT2D eigenvalue weighted by molar-refractivity contribution is -0.121.